The summed E-state index contributed by atoms with van der Waals surface area (Å²) in [7, 11) is 0. The second-order valence-electron chi connectivity index (χ2n) is 4.18. The molecule has 0 aromatic carbocycles. The molecule has 2 aliphatic rings. The molecular weight excluding hydrogens is 206 g/mol. The summed E-state index contributed by atoms with van der Waals surface area (Å²) in [6.45, 7) is 3.29. The monoisotopic (exact) mass is 221 g/mol. The summed E-state index contributed by atoms with van der Waals surface area (Å²) in [5, 5.41) is 8.01. The minimum absolute atomic E-state index is 0.307. The predicted molar refractivity (Wildman–Crippen MR) is 58.1 cm³/mol. The molecule has 86 valence electrons. The van der Waals surface area contributed by atoms with Gasteiger partial charge < -0.3 is 14.4 Å². The first-order chi connectivity index (χ1) is 7.88. The van der Waals surface area contributed by atoms with Crippen molar-refractivity contribution in [3.63, 3.8) is 0 Å². The van der Waals surface area contributed by atoms with Crippen LogP contribution in [0, 0.1) is 0 Å². The van der Waals surface area contributed by atoms with Gasteiger partial charge in [0, 0.05) is 32.1 Å². The van der Waals surface area contributed by atoms with Gasteiger partial charge in [-0.15, -0.1) is 5.10 Å². The summed E-state index contributed by atoms with van der Waals surface area (Å²) in [5.41, 5.74) is 0. The van der Waals surface area contributed by atoms with E-state index in [2.05, 4.69) is 15.1 Å². The van der Waals surface area contributed by atoms with E-state index < -0.39 is 0 Å². The van der Waals surface area contributed by atoms with Gasteiger partial charge in [0.25, 0.3) is 0 Å². The van der Waals surface area contributed by atoms with Crippen molar-refractivity contribution in [1.82, 2.24) is 10.2 Å². The van der Waals surface area contributed by atoms with Crippen molar-refractivity contribution < 1.29 is 9.47 Å². The number of hydrogen-bond acceptors (Lipinski definition) is 5. The molecule has 16 heavy (non-hydrogen) atoms. The Bertz CT molecular complexity index is 342. The molecule has 0 aliphatic carbocycles. The van der Waals surface area contributed by atoms with Gasteiger partial charge in [-0.05, 0) is 12.1 Å². The Hall–Kier alpha value is -1.20. The number of piperidine rings is 1. The van der Waals surface area contributed by atoms with E-state index in [-0.39, 0.29) is 5.79 Å². The van der Waals surface area contributed by atoms with Gasteiger partial charge in [0.1, 0.15) is 0 Å². The molecule has 3 rings (SSSR count). The van der Waals surface area contributed by atoms with Gasteiger partial charge in [-0.3, -0.25) is 0 Å². The average Bonchev–Trinajstić information content (AvgIpc) is 2.80. The first-order valence-corrected chi connectivity index (χ1v) is 5.69. The van der Waals surface area contributed by atoms with Gasteiger partial charge in [0.15, 0.2) is 11.6 Å². The normalized spacial score (nSPS) is 23.9. The Morgan fingerprint density at radius 1 is 1.19 bits per heavy atom. The molecule has 0 bridgehead atoms. The van der Waals surface area contributed by atoms with Crippen LogP contribution in [0.15, 0.2) is 18.3 Å². The van der Waals surface area contributed by atoms with E-state index in [1.54, 1.807) is 6.20 Å². The number of rotatable bonds is 1. The summed E-state index contributed by atoms with van der Waals surface area (Å²) in [4.78, 5) is 2.23. The highest BCUT2D eigenvalue weighted by molar-refractivity contribution is 5.36. The van der Waals surface area contributed by atoms with E-state index >= 15 is 0 Å². The topological polar surface area (TPSA) is 47.5 Å². The molecule has 3 heterocycles. The minimum Gasteiger partial charge on any atom is -0.355 e. The molecule has 2 saturated heterocycles. The average molecular weight is 221 g/mol. The molecule has 0 unspecified atom stereocenters. The Morgan fingerprint density at radius 3 is 2.56 bits per heavy atom. The summed E-state index contributed by atoms with van der Waals surface area (Å²) in [6.07, 6.45) is 3.51. The highest BCUT2D eigenvalue weighted by atomic mass is 16.7. The first-order valence-electron chi connectivity index (χ1n) is 5.69. The Balaban J connectivity index is 1.66. The molecule has 0 amide bonds. The molecule has 2 fully saturated rings. The SMILES string of the molecule is c1cnnc(N2CCC3(CC2)OCCO3)c1. The van der Waals surface area contributed by atoms with Gasteiger partial charge in [0.2, 0.25) is 0 Å². The minimum atomic E-state index is -0.307. The highest BCUT2D eigenvalue weighted by Gasteiger charge is 2.39. The standard InChI is InChI=1S/C11H15N3O2/c1-2-10(13-12-5-1)14-6-3-11(4-7-14)15-8-9-16-11/h1-2,5H,3-4,6-9H2. The van der Waals surface area contributed by atoms with E-state index in [1.165, 1.54) is 0 Å². The smallest absolute Gasteiger partial charge is 0.171 e. The van der Waals surface area contributed by atoms with Crippen molar-refractivity contribution in [3.8, 4) is 0 Å². The summed E-state index contributed by atoms with van der Waals surface area (Å²) < 4.78 is 11.4. The van der Waals surface area contributed by atoms with Gasteiger partial charge in [-0.1, -0.05) is 0 Å². The number of nitrogens with zero attached hydrogens (tertiary/aromatic N) is 3. The second kappa shape index (κ2) is 3.99. The third-order valence-corrected chi connectivity index (χ3v) is 3.22. The third kappa shape index (κ3) is 1.76. The van der Waals surface area contributed by atoms with Crippen LogP contribution in [-0.2, 0) is 9.47 Å². The van der Waals surface area contributed by atoms with Crippen LogP contribution in [0.3, 0.4) is 0 Å². The van der Waals surface area contributed by atoms with Crippen molar-refractivity contribution in [2.75, 3.05) is 31.2 Å². The Kier molecular flexibility index (Phi) is 2.49. The molecule has 5 nitrogen and oxygen atoms in total. The van der Waals surface area contributed by atoms with E-state index in [4.69, 9.17) is 9.47 Å². The lowest BCUT2D eigenvalue weighted by atomic mass is 10.0. The lowest BCUT2D eigenvalue weighted by Crippen LogP contribution is -2.45. The van der Waals surface area contributed by atoms with E-state index in [0.29, 0.717) is 0 Å². The zero-order chi connectivity index (χ0) is 10.8. The second-order valence-corrected chi connectivity index (χ2v) is 4.18. The van der Waals surface area contributed by atoms with Crippen LogP contribution in [0.5, 0.6) is 0 Å². The van der Waals surface area contributed by atoms with Crippen LogP contribution in [0.4, 0.5) is 5.82 Å². The van der Waals surface area contributed by atoms with Crippen LogP contribution in [0.2, 0.25) is 0 Å². The maximum atomic E-state index is 5.68. The zero-order valence-electron chi connectivity index (χ0n) is 9.13. The molecule has 0 atom stereocenters. The fourth-order valence-corrected chi connectivity index (χ4v) is 2.32. The molecule has 0 radical (unpaired) electrons. The molecule has 0 N–H and O–H groups in total. The first kappa shape index (κ1) is 9.99. The third-order valence-electron chi connectivity index (χ3n) is 3.22. The Morgan fingerprint density at radius 2 is 1.94 bits per heavy atom. The van der Waals surface area contributed by atoms with Crippen LogP contribution in [-0.4, -0.2) is 42.3 Å². The van der Waals surface area contributed by atoms with Crippen molar-refractivity contribution in [1.29, 1.82) is 0 Å². The molecule has 0 saturated carbocycles. The highest BCUT2D eigenvalue weighted by Crippen LogP contribution is 2.32. The van der Waals surface area contributed by atoms with Crippen LogP contribution in [0.1, 0.15) is 12.8 Å². The largest absolute Gasteiger partial charge is 0.355 e. The van der Waals surface area contributed by atoms with Crippen LogP contribution < -0.4 is 4.90 Å². The summed E-state index contributed by atoms with van der Waals surface area (Å²) >= 11 is 0. The maximum absolute atomic E-state index is 5.68. The quantitative estimate of drug-likeness (QED) is 0.702. The summed E-state index contributed by atoms with van der Waals surface area (Å²) in [6, 6.07) is 3.90. The molecule has 1 aromatic rings. The van der Waals surface area contributed by atoms with Gasteiger partial charge >= 0.3 is 0 Å². The maximum Gasteiger partial charge on any atom is 0.171 e. The predicted octanol–water partition coefficient (Wildman–Crippen LogP) is 0.820. The summed E-state index contributed by atoms with van der Waals surface area (Å²) in [5.74, 6) is 0.633. The lowest BCUT2D eigenvalue weighted by Gasteiger charge is -2.37. The number of aromatic nitrogens is 2. The van der Waals surface area contributed by atoms with Crippen molar-refractivity contribution >= 4 is 5.82 Å². The molecule has 1 aromatic heterocycles. The van der Waals surface area contributed by atoms with E-state index in [1.807, 2.05) is 12.1 Å². The lowest BCUT2D eigenvalue weighted by molar-refractivity contribution is -0.169. The van der Waals surface area contributed by atoms with E-state index in [9.17, 15) is 0 Å². The Labute approximate surface area is 94.4 Å². The van der Waals surface area contributed by atoms with Gasteiger partial charge in [-0.2, -0.15) is 5.10 Å². The molecule has 1 spiro atoms. The fourth-order valence-electron chi connectivity index (χ4n) is 2.32. The molecule has 2 aliphatic heterocycles. The van der Waals surface area contributed by atoms with Crippen LogP contribution >= 0.6 is 0 Å². The van der Waals surface area contributed by atoms with Gasteiger partial charge in [0.05, 0.1) is 13.2 Å². The van der Waals surface area contributed by atoms with E-state index in [0.717, 1.165) is 45.0 Å². The fraction of sp³-hybridized carbons (Fsp3) is 0.636. The zero-order valence-corrected chi connectivity index (χ0v) is 9.13. The van der Waals surface area contributed by atoms with Crippen LogP contribution in [0.25, 0.3) is 0 Å². The number of anilines is 1. The molecular formula is C11H15N3O2. The van der Waals surface area contributed by atoms with Gasteiger partial charge in [-0.25, -0.2) is 0 Å². The van der Waals surface area contributed by atoms with Crippen molar-refractivity contribution in [2.45, 2.75) is 18.6 Å². The number of hydrogen-bond donors (Lipinski definition) is 0. The van der Waals surface area contributed by atoms with Crippen molar-refractivity contribution in [3.05, 3.63) is 18.3 Å². The van der Waals surface area contributed by atoms with Crippen molar-refractivity contribution in [2.24, 2.45) is 0 Å². The molecule has 5 heteroatoms. The number of ether oxygens (including phenoxy) is 2.